The number of carbonyl (C=O) groups excluding carboxylic acids is 1. The summed E-state index contributed by atoms with van der Waals surface area (Å²) in [5.74, 6) is -1.89. The van der Waals surface area contributed by atoms with Gasteiger partial charge < -0.3 is 10.2 Å². The zero-order chi connectivity index (χ0) is 20.7. The number of carbonyl (C=O) groups is 1. The van der Waals surface area contributed by atoms with Crippen molar-refractivity contribution in [1.29, 1.82) is 0 Å². The molecule has 1 saturated heterocycles. The van der Waals surface area contributed by atoms with E-state index in [2.05, 4.69) is 15.3 Å². The van der Waals surface area contributed by atoms with Gasteiger partial charge >= 0.3 is 6.18 Å². The van der Waals surface area contributed by atoms with E-state index in [0.717, 1.165) is 0 Å². The highest BCUT2D eigenvalue weighted by atomic mass is 19.4. The minimum atomic E-state index is -4.28. The molecule has 152 valence electrons. The Labute approximate surface area is 160 Å². The van der Waals surface area contributed by atoms with Crippen LogP contribution in [0.25, 0.3) is 11.3 Å². The van der Waals surface area contributed by atoms with E-state index in [0.29, 0.717) is 17.1 Å². The number of nitrogens with one attached hydrogen (secondary N) is 1. The molecule has 1 aliphatic heterocycles. The van der Waals surface area contributed by atoms with Gasteiger partial charge in [0.05, 0.1) is 18.2 Å². The maximum absolute atomic E-state index is 13.0. The van der Waals surface area contributed by atoms with E-state index in [1.54, 1.807) is 18.2 Å². The number of anilines is 1. The van der Waals surface area contributed by atoms with E-state index in [9.17, 15) is 22.4 Å². The summed E-state index contributed by atoms with van der Waals surface area (Å²) in [5, 5.41) is 2.80. The molecule has 1 fully saturated rings. The van der Waals surface area contributed by atoms with Crippen LogP contribution < -0.4 is 5.32 Å². The van der Waals surface area contributed by atoms with Gasteiger partial charge in [-0.05, 0) is 30.7 Å². The summed E-state index contributed by atoms with van der Waals surface area (Å²) in [6, 6.07) is 7.32. The molecule has 9 heteroatoms. The number of aromatic nitrogens is 2. The van der Waals surface area contributed by atoms with Crippen molar-refractivity contribution in [1.82, 2.24) is 14.9 Å². The van der Waals surface area contributed by atoms with Gasteiger partial charge in [0.2, 0.25) is 5.91 Å². The molecule has 0 radical (unpaired) electrons. The molecule has 1 atom stereocenters. The molecule has 3 rings (SSSR count). The molecule has 2 aromatic rings. The van der Waals surface area contributed by atoms with Gasteiger partial charge in [-0.2, -0.15) is 13.2 Å². The number of hydrogen-bond donors (Lipinski definition) is 1. The van der Waals surface area contributed by atoms with E-state index >= 15 is 0 Å². The summed E-state index contributed by atoms with van der Waals surface area (Å²) in [6.07, 6.45) is -3.06. The fourth-order valence-electron chi connectivity index (χ4n) is 2.76. The zero-order valence-electron chi connectivity index (χ0n) is 15.6. The largest absolute Gasteiger partial charge is 0.393 e. The van der Waals surface area contributed by atoms with Crippen molar-refractivity contribution in [3.05, 3.63) is 42.5 Å². The van der Waals surface area contributed by atoms with Crippen molar-refractivity contribution in [3.63, 3.8) is 0 Å². The van der Waals surface area contributed by atoms with E-state index in [4.69, 9.17) is 0 Å². The SMILES string of the molecule is CC.O=C(CNc1cc(-c2ccc(F)cc2)ncn1)N1CCC(C(F)(F)F)C1. The van der Waals surface area contributed by atoms with Crippen LogP contribution in [0.1, 0.15) is 20.3 Å². The molecule has 1 aromatic carbocycles. The molecule has 1 aromatic heterocycles. The lowest BCUT2D eigenvalue weighted by molar-refractivity contribution is -0.170. The number of likely N-dealkylation sites (tertiary alicyclic amines) is 1. The first-order valence-electron chi connectivity index (χ1n) is 8.99. The second-order valence-electron chi connectivity index (χ2n) is 6.02. The van der Waals surface area contributed by atoms with Crippen molar-refractivity contribution in [3.8, 4) is 11.3 Å². The van der Waals surface area contributed by atoms with Gasteiger partial charge in [-0.15, -0.1) is 0 Å². The van der Waals surface area contributed by atoms with E-state index in [-0.39, 0.29) is 31.9 Å². The Kier molecular flexibility index (Phi) is 7.31. The van der Waals surface area contributed by atoms with Gasteiger partial charge in [0.15, 0.2) is 0 Å². The van der Waals surface area contributed by atoms with Gasteiger partial charge in [-0.25, -0.2) is 14.4 Å². The lowest BCUT2D eigenvalue weighted by Crippen LogP contribution is -2.35. The Bertz CT molecular complexity index is 780. The molecule has 2 heterocycles. The maximum atomic E-state index is 13.0. The molecular formula is C19H22F4N4O. The summed E-state index contributed by atoms with van der Waals surface area (Å²) in [4.78, 5) is 21.4. The van der Waals surface area contributed by atoms with E-state index in [1.807, 2.05) is 13.8 Å². The van der Waals surface area contributed by atoms with Crippen LogP contribution in [0.4, 0.5) is 23.4 Å². The fourth-order valence-corrected chi connectivity index (χ4v) is 2.76. The molecule has 1 aliphatic rings. The number of benzene rings is 1. The highest BCUT2D eigenvalue weighted by Gasteiger charge is 2.44. The number of nitrogens with zero attached hydrogens (tertiary/aromatic N) is 3. The van der Waals surface area contributed by atoms with Crippen LogP contribution in [0.2, 0.25) is 0 Å². The number of halogens is 4. The third-order valence-corrected chi connectivity index (χ3v) is 4.23. The summed E-state index contributed by atoms with van der Waals surface area (Å²) in [6.45, 7) is 3.62. The van der Waals surface area contributed by atoms with Crippen LogP contribution >= 0.6 is 0 Å². The first-order chi connectivity index (χ1) is 13.3. The molecule has 0 bridgehead atoms. The molecule has 1 N–H and O–H groups in total. The van der Waals surface area contributed by atoms with Crippen LogP contribution in [0, 0.1) is 11.7 Å². The highest BCUT2D eigenvalue weighted by molar-refractivity contribution is 5.81. The van der Waals surface area contributed by atoms with Crippen molar-refractivity contribution < 1.29 is 22.4 Å². The Morgan fingerprint density at radius 2 is 1.89 bits per heavy atom. The van der Waals surface area contributed by atoms with Crippen molar-refractivity contribution in [2.75, 3.05) is 25.0 Å². The standard InChI is InChI=1S/C17H16F4N4O.C2H6/c18-13-3-1-11(2-4-13)14-7-15(24-10-23-14)22-8-16(26)25-6-5-12(9-25)17(19,20)21;1-2/h1-4,7,10,12H,5-6,8-9H2,(H,22,23,24);1-2H3. The van der Waals surface area contributed by atoms with Crippen LogP contribution in [0.3, 0.4) is 0 Å². The summed E-state index contributed by atoms with van der Waals surface area (Å²) >= 11 is 0. The monoisotopic (exact) mass is 398 g/mol. The summed E-state index contributed by atoms with van der Waals surface area (Å²) in [5.41, 5.74) is 1.21. The third kappa shape index (κ3) is 5.64. The molecule has 5 nitrogen and oxygen atoms in total. The Morgan fingerprint density at radius 1 is 1.21 bits per heavy atom. The number of amides is 1. The van der Waals surface area contributed by atoms with Crippen LogP contribution in [-0.4, -0.2) is 46.6 Å². The summed E-state index contributed by atoms with van der Waals surface area (Å²) < 4.78 is 51.0. The lowest BCUT2D eigenvalue weighted by atomic mass is 10.1. The second kappa shape index (κ2) is 9.48. The van der Waals surface area contributed by atoms with Crippen molar-refractivity contribution >= 4 is 11.7 Å². The second-order valence-corrected chi connectivity index (χ2v) is 6.02. The van der Waals surface area contributed by atoms with Gasteiger partial charge in [0.25, 0.3) is 0 Å². The highest BCUT2D eigenvalue weighted by Crippen LogP contribution is 2.33. The normalized spacial score (nSPS) is 16.4. The third-order valence-electron chi connectivity index (χ3n) is 4.23. The van der Waals surface area contributed by atoms with Crippen molar-refractivity contribution in [2.24, 2.45) is 5.92 Å². The van der Waals surface area contributed by atoms with Gasteiger partial charge in [0.1, 0.15) is 18.0 Å². The Balaban J connectivity index is 0.00000136. The molecule has 0 spiro atoms. The van der Waals surface area contributed by atoms with Gasteiger partial charge in [-0.1, -0.05) is 13.8 Å². The average Bonchev–Trinajstić information content (AvgIpc) is 3.19. The quantitative estimate of drug-likeness (QED) is 0.787. The lowest BCUT2D eigenvalue weighted by Gasteiger charge is -2.18. The first-order valence-corrected chi connectivity index (χ1v) is 8.99. The average molecular weight is 398 g/mol. The van der Waals surface area contributed by atoms with Crippen molar-refractivity contribution in [2.45, 2.75) is 26.4 Å². The smallest absolute Gasteiger partial charge is 0.361 e. The topological polar surface area (TPSA) is 58.1 Å². The van der Waals surface area contributed by atoms with Gasteiger partial charge in [-0.3, -0.25) is 4.79 Å². The molecule has 28 heavy (non-hydrogen) atoms. The number of hydrogen-bond acceptors (Lipinski definition) is 4. The number of rotatable bonds is 4. The Morgan fingerprint density at radius 3 is 2.50 bits per heavy atom. The predicted octanol–water partition coefficient (Wildman–Crippen LogP) is 4.13. The Hall–Kier alpha value is -2.71. The fraction of sp³-hybridized carbons (Fsp3) is 0.421. The molecular weight excluding hydrogens is 376 g/mol. The van der Waals surface area contributed by atoms with Crippen LogP contribution in [0.5, 0.6) is 0 Å². The predicted molar refractivity (Wildman–Crippen MR) is 98.0 cm³/mol. The molecule has 1 amide bonds. The summed E-state index contributed by atoms with van der Waals surface area (Å²) in [7, 11) is 0. The molecule has 1 unspecified atom stereocenters. The van der Waals surface area contributed by atoms with E-state index < -0.39 is 18.0 Å². The minimum absolute atomic E-state index is 0.0720. The van der Waals surface area contributed by atoms with Gasteiger partial charge in [0, 0.05) is 24.7 Å². The van der Waals surface area contributed by atoms with E-state index in [1.165, 1.54) is 23.4 Å². The number of alkyl halides is 3. The maximum Gasteiger partial charge on any atom is 0.393 e. The molecule has 0 aliphatic carbocycles. The van der Waals surface area contributed by atoms with Crippen LogP contribution in [-0.2, 0) is 4.79 Å². The first kappa shape index (κ1) is 21.6. The minimum Gasteiger partial charge on any atom is -0.361 e. The molecule has 0 saturated carbocycles. The van der Waals surface area contributed by atoms with Crippen LogP contribution in [0.15, 0.2) is 36.7 Å². The zero-order valence-corrected chi connectivity index (χ0v) is 15.6.